The summed E-state index contributed by atoms with van der Waals surface area (Å²) in [6.45, 7) is 0. The van der Waals surface area contributed by atoms with E-state index in [0.717, 1.165) is 22.0 Å². The molecule has 0 unspecified atom stereocenters. The SMILES string of the molecule is COc1nc2ccccc2c2c1C(=O)c1cnccc1-2. The second-order valence-electron chi connectivity index (χ2n) is 4.64. The minimum Gasteiger partial charge on any atom is -0.480 e. The van der Waals surface area contributed by atoms with E-state index in [9.17, 15) is 4.79 Å². The van der Waals surface area contributed by atoms with Gasteiger partial charge in [0.2, 0.25) is 11.7 Å². The lowest BCUT2D eigenvalue weighted by Crippen LogP contribution is -2.01. The van der Waals surface area contributed by atoms with Crippen molar-refractivity contribution in [2.45, 2.75) is 0 Å². The Morgan fingerprint density at radius 3 is 2.75 bits per heavy atom. The van der Waals surface area contributed by atoms with Crippen LogP contribution in [0.25, 0.3) is 22.0 Å². The summed E-state index contributed by atoms with van der Waals surface area (Å²) in [4.78, 5) is 21.0. The smallest absolute Gasteiger partial charge is 0.225 e. The van der Waals surface area contributed by atoms with Crippen LogP contribution in [-0.4, -0.2) is 22.9 Å². The molecule has 4 heteroatoms. The molecule has 0 amide bonds. The summed E-state index contributed by atoms with van der Waals surface area (Å²) < 4.78 is 5.31. The molecule has 20 heavy (non-hydrogen) atoms. The molecule has 0 radical (unpaired) electrons. The first-order valence-corrected chi connectivity index (χ1v) is 6.27. The number of aromatic nitrogens is 2. The highest BCUT2D eigenvalue weighted by Gasteiger charge is 2.32. The molecule has 0 atom stereocenters. The summed E-state index contributed by atoms with van der Waals surface area (Å²) >= 11 is 0. The van der Waals surface area contributed by atoms with E-state index in [-0.39, 0.29) is 5.78 Å². The monoisotopic (exact) mass is 262 g/mol. The molecular formula is C16H10N2O2. The Labute approximate surface area is 115 Å². The van der Waals surface area contributed by atoms with Crippen LogP contribution in [0.2, 0.25) is 0 Å². The summed E-state index contributed by atoms with van der Waals surface area (Å²) in [5, 5.41) is 0.960. The number of hydrogen-bond donors (Lipinski definition) is 0. The van der Waals surface area contributed by atoms with Gasteiger partial charge in [0.05, 0.1) is 18.2 Å². The Balaban J connectivity index is 2.23. The topological polar surface area (TPSA) is 52.1 Å². The van der Waals surface area contributed by atoms with Gasteiger partial charge in [0.15, 0.2) is 0 Å². The molecule has 2 aromatic heterocycles. The number of carbonyl (C=O) groups excluding carboxylic acids is 1. The predicted molar refractivity (Wildman–Crippen MR) is 75.0 cm³/mol. The van der Waals surface area contributed by atoms with Crippen LogP contribution < -0.4 is 4.74 Å². The lowest BCUT2D eigenvalue weighted by atomic mass is 10.0. The van der Waals surface area contributed by atoms with Crippen molar-refractivity contribution in [2.24, 2.45) is 0 Å². The predicted octanol–water partition coefficient (Wildman–Crippen LogP) is 2.85. The van der Waals surface area contributed by atoms with E-state index >= 15 is 0 Å². The van der Waals surface area contributed by atoms with Gasteiger partial charge in [-0.3, -0.25) is 9.78 Å². The molecule has 0 aliphatic heterocycles. The van der Waals surface area contributed by atoms with E-state index in [1.807, 2.05) is 30.3 Å². The van der Waals surface area contributed by atoms with Gasteiger partial charge >= 0.3 is 0 Å². The Bertz CT molecular complexity index is 871. The van der Waals surface area contributed by atoms with Crippen LogP contribution in [0.5, 0.6) is 5.88 Å². The zero-order valence-electron chi connectivity index (χ0n) is 10.8. The molecule has 4 nitrogen and oxygen atoms in total. The van der Waals surface area contributed by atoms with Crippen molar-refractivity contribution in [2.75, 3.05) is 7.11 Å². The summed E-state index contributed by atoms with van der Waals surface area (Å²) in [7, 11) is 1.53. The molecular weight excluding hydrogens is 252 g/mol. The van der Waals surface area contributed by atoms with Crippen LogP contribution in [0.4, 0.5) is 0 Å². The van der Waals surface area contributed by atoms with Crippen molar-refractivity contribution >= 4 is 16.7 Å². The lowest BCUT2D eigenvalue weighted by Gasteiger charge is -2.09. The molecule has 0 bridgehead atoms. The molecule has 0 saturated heterocycles. The van der Waals surface area contributed by atoms with Crippen molar-refractivity contribution in [3.8, 4) is 17.0 Å². The Morgan fingerprint density at radius 2 is 1.90 bits per heavy atom. The number of ether oxygens (including phenoxy) is 1. The van der Waals surface area contributed by atoms with Gasteiger partial charge in [-0.05, 0) is 17.7 Å². The van der Waals surface area contributed by atoms with Crippen molar-refractivity contribution < 1.29 is 9.53 Å². The van der Waals surface area contributed by atoms with Gasteiger partial charge in [0.25, 0.3) is 0 Å². The van der Waals surface area contributed by atoms with Crippen LogP contribution in [0.15, 0.2) is 42.7 Å². The highest BCUT2D eigenvalue weighted by atomic mass is 16.5. The van der Waals surface area contributed by atoms with Crippen LogP contribution in [0.3, 0.4) is 0 Å². The van der Waals surface area contributed by atoms with E-state index in [2.05, 4.69) is 9.97 Å². The maximum Gasteiger partial charge on any atom is 0.225 e. The highest BCUT2D eigenvalue weighted by Crippen LogP contribution is 2.43. The molecule has 3 aromatic rings. The zero-order chi connectivity index (χ0) is 13.7. The molecule has 1 aliphatic carbocycles. The minimum absolute atomic E-state index is 0.0711. The first kappa shape index (κ1) is 11.1. The number of methoxy groups -OCH3 is 1. The van der Waals surface area contributed by atoms with Gasteiger partial charge in [-0.2, -0.15) is 0 Å². The van der Waals surface area contributed by atoms with Gasteiger partial charge in [0.1, 0.15) is 0 Å². The first-order chi connectivity index (χ1) is 9.81. The molecule has 0 spiro atoms. The summed E-state index contributed by atoms with van der Waals surface area (Å²) in [6.07, 6.45) is 3.30. The Hall–Kier alpha value is -2.75. The van der Waals surface area contributed by atoms with E-state index in [0.29, 0.717) is 17.0 Å². The van der Waals surface area contributed by atoms with Crippen LogP contribution in [0, 0.1) is 0 Å². The van der Waals surface area contributed by atoms with Crippen molar-refractivity contribution in [1.29, 1.82) is 0 Å². The number of rotatable bonds is 1. The molecule has 96 valence electrons. The van der Waals surface area contributed by atoms with Gasteiger partial charge in [-0.1, -0.05) is 18.2 Å². The average Bonchev–Trinajstić information content (AvgIpc) is 2.81. The van der Waals surface area contributed by atoms with Crippen molar-refractivity contribution in [3.63, 3.8) is 0 Å². The number of ketones is 1. The second kappa shape index (κ2) is 3.87. The average molecular weight is 262 g/mol. The Morgan fingerprint density at radius 1 is 1.05 bits per heavy atom. The van der Waals surface area contributed by atoms with Gasteiger partial charge in [0, 0.05) is 28.9 Å². The molecule has 0 fully saturated rings. The number of pyridine rings is 2. The van der Waals surface area contributed by atoms with Crippen LogP contribution in [0.1, 0.15) is 15.9 Å². The third-order valence-electron chi connectivity index (χ3n) is 3.61. The third-order valence-corrected chi connectivity index (χ3v) is 3.61. The standard InChI is InChI=1S/C16H10N2O2/c1-20-16-14-13(10-4-2-3-5-12(10)18-16)9-6-7-17-8-11(9)15(14)19/h2-8H,1H3. The number of fused-ring (bicyclic) bond motifs is 5. The molecule has 1 aliphatic rings. The molecule has 0 saturated carbocycles. The fraction of sp³-hybridized carbons (Fsp3) is 0.0625. The quantitative estimate of drug-likeness (QED) is 0.529. The third kappa shape index (κ3) is 1.28. The fourth-order valence-electron chi connectivity index (χ4n) is 2.76. The van der Waals surface area contributed by atoms with Gasteiger partial charge < -0.3 is 4.74 Å². The largest absolute Gasteiger partial charge is 0.480 e. The maximum absolute atomic E-state index is 12.6. The Kier molecular flexibility index (Phi) is 2.15. The van der Waals surface area contributed by atoms with Gasteiger partial charge in [-0.25, -0.2) is 4.98 Å². The number of carbonyl (C=O) groups is 1. The van der Waals surface area contributed by atoms with E-state index in [1.165, 1.54) is 7.11 Å². The number of benzene rings is 1. The summed E-state index contributed by atoms with van der Waals surface area (Å²) in [5.41, 5.74) is 3.76. The molecule has 2 heterocycles. The second-order valence-corrected chi connectivity index (χ2v) is 4.64. The fourth-order valence-corrected chi connectivity index (χ4v) is 2.76. The van der Waals surface area contributed by atoms with E-state index in [1.54, 1.807) is 12.4 Å². The van der Waals surface area contributed by atoms with E-state index in [4.69, 9.17) is 4.74 Å². The van der Waals surface area contributed by atoms with Crippen molar-refractivity contribution in [1.82, 2.24) is 9.97 Å². The zero-order valence-corrected chi connectivity index (χ0v) is 10.8. The van der Waals surface area contributed by atoms with E-state index < -0.39 is 0 Å². The highest BCUT2D eigenvalue weighted by molar-refractivity contribution is 6.26. The van der Waals surface area contributed by atoms with Crippen LogP contribution in [-0.2, 0) is 0 Å². The van der Waals surface area contributed by atoms with Crippen molar-refractivity contribution in [3.05, 3.63) is 53.9 Å². The number of hydrogen-bond acceptors (Lipinski definition) is 4. The minimum atomic E-state index is -0.0711. The number of nitrogens with zero attached hydrogens (tertiary/aromatic N) is 2. The number of para-hydroxylation sites is 1. The van der Waals surface area contributed by atoms with Gasteiger partial charge in [-0.15, -0.1) is 0 Å². The summed E-state index contributed by atoms with van der Waals surface area (Å²) in [6, 6.07) is 9.63. The molecule has 0 N–H and O–H groups in total. The normalized spacial score (nSPS) is 12.3. The van der Waals surface area contributed by atoms with Crippen LogP contribution >= 0.6 is 0 Å². The molecule has 4 rings (SSSR count). The maximum atomic E-state index is 12.6. The first-order valence-electron chi connectivity index (χ1n) is 6.27. The summed E-state index contributed by atoms with van der Waals surface area (Å²) in [5.74, 6) is 0.304. The lowest BCUT2D eigenvalue weighted by molar-refractivity contribution is 0.104. The molecule has 1 aromatic carbocycles.